The second-order valence-electron chi connectivity index (χ2n) is 13.3. The first-order valence-corrected chi connectivity index (χ1v) is 20.4. The quantitative estimate of drug-likeness (QED) is 0.140. The molecule has 0 aliphatic carbocycles. The minimum Gasteiger partial charge on any atom is -0.265 e. The van der Waals surface area contributed by atoms with Crippen LogP contribution in [0.2, 0.25) is 0 Å². The van der Waals surface area contributed by atoms with Gasteiger partial charge in [-0.3, -0.25) is 9.97 Å². The van der Waals surface area contributed by atoms with Crippen molar-refractivity contribution in [1.29, 1.82) is 0 Å². The first-order chi connectivity index (χ1) is 25.9. The summed E-state index contributed by atoms with van der Waals surface area (Å²) in [6.45, 7) is 8.62. The molecule has 0 aliphatic heterocycles. The summed E-state index contributed by atoms with van der Waals surface area (Å²) in [5.41, 5.74) is 16.6. The summed E-state index contributed by atoms with van der Waals surface area (Å²) in [6, 6.07) is 39.3. The van der Waals surface area contributed by atoms with E-state index in [0.717, 1.165) is 66.3 Å². The number of hydrogen-bond acceptors (Lipinski definition) is 7. The molecule has 260 valence electrons. The summed E-state index contributed by atoms with van der Waals surface area (Å²) >= 11 is 5.41. The molecule has 4 aromatic carbocycles. The maximum absolute atomic E-state index is 5.19. The van der Waals surface area contributed by atoms with E-state index in [9.17, 15) is 0 Å². The van der Waals surface area contributed by atoms with Crippen LogP contribution in [-0.2, 0) is 11.5 Å². The predicted octanol–water partition coefficient (Wildman–Crippen LogP) is 13.1. The van der Waals surface area contributed by atoms with E-state index in [2.05, 4.69) is 147 Å². The highest BCUT2D eigenvalue weighted by molar-refractivity contribution is 7.97. The van der Waals surface area contributed by atoms with Gasteiger partial charge in [-0.25, -0.2) is 9.97 Å². The molecule has 8 aromatic rings. The smallest absolute Gasteiger partial charge is 0.124 e. The summed E-state index contributed by atoms with van der Waals surface area (Å²) in [7, 11) is 0. The van der Waals surface area contributed by atoms with E-state index < -0.39 is 0 Å². The van der Waals surface area contributed by atoms with E-state index in [1.54, 1.807) is 22.7 Å². The standard InChI is InChI=1S/C46H38N4S3/c1-29-5-11-39(25-31(29)3)41-43(35-17-21-47-22-18-35)52-45(49-41)37-13-7-33(8-14-37)27-51-28-34-9-15-38(16-10-34)46-50-42(40-12-6-30(2)32(4)26-40)44(53-46)36-19-23-48-24-20-36/h5-26H,27-28H2,1-4H3. The lowest BCUT2D eigenvalue weighted by molar-refractivity contribution is 1.31. The largest absolute Gasteiger partial charge is 0.265 e. The van der Waals surface area contributed by atoms with Crippen molar-refractivity contribution in [2.24, 2.45) is 0 Å². The van der Waals surface area contributed by atoms with Crippen molar-refractivity contribution in [1.82, 2.24) is 19.9 Å². The van der Waals surface area contributed by atoms with Gasteiger partial charge in [0, 0.05) is 58.5 Å². The normalized spacial score (nSPS) is 11.2. The lowest BCUT2D eigenvalue weighted by Crippen LogP contribution is -1.87. The van der Waals surface area contributed by atoms with Crippen LogP contribution >= 0.6 is 34.4 Å². The Bertz CT molecular complexity index is 2330. The molecule has 53 heavy (non-hydrogen) atoms. The zero-order valence-electron chi connectivity index (χ0n) is 30.1. The van der Waals surface area contributed by atoms with Crippen LogP contribution in [0.15, 0.2) is 134 Å². The van der Waals surface area contributed by atoms with Crippen molar-refractivity contribution in [3.63, 3.8) is 0 Å². The fraction of sp³-hybridized carbons (Fsp3) is 0.130. The third-order valence-electron chi connectivity index (χ3n) is 9.64. The first kappa shape index (κ1) is 34.9. The van der Waals surface area contributed by atoms with Gasteiger partial charge >= 0.3 is 0 Å². The SMILES string of the molecule is Cc1ccc(-c2nc(-c3ccc(CSCc4ccc(-c5nc(-c6ccc(C)c(C)c6)c(-c6ccncc6)s5)cc4)cc3)sc2-c2ccncc2)cc1C. The predicted molar refractivity (Wildman–Crippen MR) is 226 cm³/mol. The number of aryl methyl sites for hydroxylation is 4. The molecule has 4 nitrogen and oxygen atoms in total. The minimum atomic E-state index is 0.942. The second kappa shape index (κ2) is 15.4. The van der Waals surface area contributed by atoms with Gasteiger partial charge in [-0.05, 0) is 109 Å². The summed E-state index contributed by atoms with van der Waals surface area (Å²) in [5, 5.41) is 2.05. The molecule has 0 bridgehead atoms. The Hall–Kier alpha value is -5.21. The lowest BCUT2D eigenvalue weighted by atomic mass is 10.0. The van der Waals surface area contributed by atoms with Gasteiger partial charge in [0.2, 0.25) is 0 Å². The maximum atomic E-state index is 5.19. The van der Waals surface area contributed by atoms with Crippen LogP contribution in [-0.4, -0.2) is 19.9 Å². The summed E-state index contributed by atoms with van der Waals surface area (Å²) in [5.74, 6) is 1.88. The molecular weight excluding hydrogens is 705 g/mol. The lowest BCUT2D eigenvalue weighted by Gasteiger charge is -2.06. The van der Waals surface area contributed by atoms with Gasteiger partial charge in [0.25, 0.3) is 0 Å². The van der Waals surface area contributed by atoms with E-state index in [-0.39, 0.29) is 0 Å². The van der Waals surface area contributed by atoms with Gasteiger partial charge in [0.15, 0.2) is 0 Å². The molecular formula is C46H38N4S3. The number of rotatable bonds is 10. The van der Waals surface area contributed by atoms with Crippen molar-refractivity contribution in [2.45, 2.75) is 39.2 Å². The fourth-order valence-electron chi connectivity index (χ4n) is 6.23. The Morgan fingerprint density at radius 2 is 0.792 bits per heavy atom. The van der Waals surface area contributed by atoms with Crippen molar-refractivity contribution in [3.8, 4) is 64.5 Å². The van der Waals surface area contributed by atoms with Crippen LogP contribution in [0.4, 0.5) is 0 Å². The van der Waals surface area contributed by atoms with Gasteiger partial charge in [-0.15, -0.1) is 22.7 Å². The molecule has 0 aliphatic rings. The highest BCUT2D eigenvalue weighted by Gasteiger charge is 2.18. The summed E-state index contributed by atoms with van der Waals surface area (Å²) in [4.78, 5) is 21.2. The molecule has 0 saturated heterocycles. The number of benzene rings is 4. The summed E-state index contributed by atoms with van der Waals surface area (Å²) in [6.07, 6.45) is 7.40. The van der Waals surface area contributed by atoms with Crippen LogP contribution in [0.3, 0.4) is 0 Å². The number of hydrogen-bond donors (Lipinski definition) is 0. The van der Waals surface area contributed by atoms with Crippen molar-refractivity contribution in [2.75, 3.05) is 0 Å². The van der Waals surface area contributed by atoms with Gasteiger partial charge in [-0.1, -0.05) is 72.8 Å². The summed E-state index contributed by atoms with van der Waals surface area (Å²) < 4.78 is 0. The maximum Gasteiger partial charge on any atom is 0.124 e. The van der Waals surface area contributed by atoms with Gasteiger partial charge in [-0.2, -0.15) is 11.8 Å². The molecule has 0 fully saturated rings. The molecule has 7 heteroatoms. The number of nitrogens with zero attached hydrogens (tertiary/aromatic N) is 4. The molecule has 4 aromatic heterocycles. The average Bonchev–Trinajstić information content (AvgIpc) is 3.85. The molecule has 0 radical (unpaired) electrons. The third-order valence-corrected chi connectivity index (χ3v) is 13.0. The molecule has 0 N–H and O–H groups in total. The van der Waals surface area contributed by atoms with E-state index in [0.29, 0.717) is 0 Å². The van der Waals surface area contributed by atoms with E-state index >= 15 is 0 Å². The highest BCUT2D eigenvalue weighted by Crippen LogP contribution is 2.42. The Morgan fingerprint density at radius 1 is 0.415 bits per heavy atom. The van der Waals surface area contributed by atoms with E-state index in [1.807, 2.05) is 36.5 Å². The highest BCUT2D eigenvalue weighted by atomic mass is 32.2. The van der Waals surface area contributed by atoms with Crippen LogP contribution in [0.1, 0.15) is 33.4 Å². The van der Waals surface area contributed by atoms with Crippen molar-refractivity contribution in [3.05, 3.63) is 167 Å². The fourth-order valence-corrected chi connectivity index (χ4v) is 9.38. The average molecular weight is 743 g/mol. The Morgan fingerprint density at radius 3 is 1.17 bits per heavy atom. The molecule has 0 spiro atoms. The van der Waals surface area contributed by atoms with Crippen LogP contribution in [0.25, 0.3) is 64.5 Å². The number of pyridine rings is 2. The molecule has 4 heterocycles. The minimum absolute atomic E-state index is 0.942. The molecule has 0 saturated carbocycles. The van der Waals surface area contributed by atoms with Gasteiger partial charge in [0.1, 0.15) is 10.0 Å². The number of thiazole rings is 2. The van der Waals surface area contributed by atoms with Gasteiger partial charge < -0.3 is 0 Å². The van der Waals surface area contributed by atoms with Crippen molar-refractivity contribution >= 4 is 34.4 Å². The van der Waals surface area contributed by atoms with Crippen LogP contribution < -0.4 is 0 Å². The molecule has 8 rings (SSSR count). The molecule has 0 unspecified atom stereocenters. The topological polar surface area (TPSA) is 51.6 Å². The monoisotopic (exact) mass is 742 g/mol. The van der Waals surface area contributed by atoms with Gasteiger partial charge in [0.05, 0.1) is 21.1 Å². The first-order valence-electron chi connectivity index (χ1n) is 17.6. The van der Waals surface area contributed by atoms with Crippen LogP contribution in [0, 0.1) is 27.7 Å². The van der Waals surface area contributed by atoms with Crippen LogP contribution in [0.5, 0.6) is 0 Å². The Balaban J connectivity index is 0.956. The van der Waals surface area contributed by atoms with Crippen molar-refractivity contribution < 1.29 is 0 Å². The molecule has 0 atom stereocenters. The molecule has 0 amide bonds. The second-order valence-corrected chi connectivity index (χ2v) is 16.3. The Labute approximate surface area is 323 Å². The van der Waals surface area contributed by atoms with E-state index in [4.69, 9.17) is 9.97 Å². The number of thioether (sulfide) groups is 1. The number of aromatic nitrogens is 4. The zero-order valence-corrected chi connectivity index (χ0v) is 32.6. The Kier molecular flexibility index (Phi) is 10.1. The van der Waals surface area contributed by atoms with E-state index in [1.165, 1.54) is 43.1 Å². The zero-order chi connectivity index (χ0) is 36.3. The third kappa shape index (κ3) is 7.65.